The van der Waals surface area contributed by atoms with Crippen LogP contribution in [-0.4, -0.2) is 48.4 Å². The number of aryl methyl sites for hydroxylation is 1. The molecule has 122 valence electrons. The molecule has 1 aliphatic heterocycles. The van der Waals surface area contributed by atoms with Crippen molar-refractivity contribution in [3.63, 3.8) is 0 Å². The molecule has 23 heavy (non-hydrogen) atoms. The van der Waals surface area contributed by atoms with Crippen LogP contribution in [-0.2, 0) is 17.6 Å². The van der Waals surface area contributed by atoms with E-state index >= 15 is 0 Å². The van der Waals surface area contributed by atoms with E-state index in [0.717, 1.165) is 39.1 Å². The summed E-state index contributed by atoms with van der Waals surface area (Å²) < 4.78 is 0. The zero-order chi connectivity index (χ0) is 15.9. The largest absolute Gasteiger partial charge is 0.340 e. The third-order valence-electron chi connectivity index (χ3n) is 4.41. The van der Waals surface area contributed by atoms with Gasteiger partial charge < -0.3 is 4.90 Å². The molecule has 3 rings (SSSR count). The monoisotopic (exact) mass is 328 g/mol. The van der Waals surface area contributed by atoms with Gasteiger partial charge in [-0.25, -0.2) is 0 Å². The maximum atomic E-state index is 12.3. The smallest absolute Gasteiger partial charge is 0.227 e. The van der Waals surface area contributed by atoms with E-state index in [0.29, 0.717) is 6.42 Å². The first-order chi connectivity index (χ1) is 11.3. The third kappa shape index (κ3) is 4.91. The summed E-state index contributed by atoms with van der Waals surface area (Å²) in [4.78, 5) is 18.0. The van der Waals surface area contributed by atoms with Gasteiger partial charge in [-0.1, -0.05) is 36.4 Å². The quantitative estimate of drug-likeness (QED) is 0.814. The molecule has 1 aromatic heterocycles. The Kier molecular flexibility index (Phi) is 5.83. The molecule has 0 N–H and O–H groups in total. The van der Waals surface area contributed by atoms with Crippen molar-refractivity contribution in [2.75, 3.05) is 32.7 Å². The minimum atomic E-state index is 0.274. The Morgan fingerprint density at radius 1 is 1.00 bits per heavy atom. The van der Waals surface area contributed by atoms with Crippen LogP contribution in [0.2, 0.25) is 0 Å². The number of hydrogen-bond acceptors (Lipinski definition) is 3. The van der Waals surface area contributed by atoms with Crippen LogP contribution >= 0.6 is 11.3 Å². The number of rotatable bonds is 6. The standard InChI is InChI=1S/C19H24N2OS/c22-19(16-18-9-5-15-23-18)21-13-11-20(12-14-21)10-4-8-17-6-2-1-3-7-17/h1-3,5-7,9,15H,4,8,10-14,16H2. The van der Waals surface area contributed by atoms with Crippen LogP contribution in [0.15, 0.2) is 47.8 Å². The van der Waals surface area contributed by atoms with Crippen molar-refractivity contribution in [2.24, 2.45) is 0 Å². The number of piperazine rings is 1. The Hall–Kier alpha value is -1.65. The molecule has 0 aliphatic carbocycles. The summed E-state index contributed by atoms with van der Waals surface area (Å²) in [5.74, 6) is 0.274. The maximum absolute atomic E-state index is 12.3. The average Bonchev–Trinajstić information content (AvgIpc) is 3.09. The third-order valence-corrected chi connectivity index (χ3v) is 5.29. The van der Waals surface area contributed by atoms with E-state index in [1.54, 1.807) is 11.3 Å². The molecule has 1 fully saturated rings. The van der Waals surface area contributed by atoms with E-state index in [-0.39, 0.29) is 5.91 Å². The number of nitrogens with zero attached hydrogens (tertiary/aromatic N) is 2. The Morgan fingerprint density at radius 3 is 2.48 bits per heavy atom. The van der Waals surface area contributed by atoms with Crippen LogP contribution in [0.3, 0.4) is 0 Å². The van der Waals surface area contributed by atoms with Crippen LogP contribution in [0.25, 0.3) is 0 Å². The van der Waals surface area contributed by atoms with Gasteiger partial charge in [0.05, 0.1) is 6.42 Å². The fraction of sp³-hybridized carbons (Fsp3) is 0.421. The molecule has 1 amide bonds. The minimum Gasteiger partial charge on any atom is -0.340 e. The Bertz CT molecular complexity index is 589. The molecule has 1 aromatic carbocycles. The Balaban J connectivity index is 1.36. The highest BCUT2D eigenvalue weighted by Gasteiger charge is 2.20. The van der Waals surface area contributed by atoms with E-state index in [9.17, 15) is 4.79 Å². The van der Waals surface area contributed by atoms with Gasteiger partial charge in [0.25, 0.3) is 0 Å². The first-order valence-corrected chi connectivity index (χ1v) is 9.26. The molecule has 0 radical (unpaired) electrons. The normalized spacial score (nSPS) is 15.7. The molecule has 0 unspecified atom stereocenters. The lowest BCUT2D eigenvalue weighted by Crippen LogP contribution is -2.49. The van der Waals surface area contributed by atoms with Crippen LogP contribution in [0.4, 0.5) is 0 Å². The van der Waals surface area contributed by atoms with Crippen molar-refractivity contribution in [3.05, 3.63) is 58.3 Å². The lowest BCUT2D eigenvalue weighted by Gasteiger charge is -2.34. The summed E-state index contributed by atoms with van der Waals surface area (Å²) in [7, 11) is 0. The van der Waals surface area contributed by atoms with E-state index in [2.05, 4.69) is 35.2 Å². The van der Waals surface area contributed by atoms with Crippen LogP contribution in [0.1, 0.15) is 16.9 Å². The molecule has 0 saturated carbocycles. The van der Waals surface area contributed by atoms with Crippen LogP contribution in [0.5, 0.6) is 0 Å². The number of carbonyl (C=O) groups excluding carboxylic acids is 1. The van der Waals surface area contributed by atoms with Crippen molar-refractivity contribution < 1.29 is 4.79 Å². The fourth-order valence-electron chi connectivity index (χ4n) is 3.05. The van der Waals surface area contributed by atoms with Gasteiger partial charge in [-0.15, -0.1) is 11.3 Å². The first kappa shape index (κ1) is 16.2. The molecule has 0 atom stereocenters. The molecule has 3 nitrogen and oxygen atoms in total. The number of amides is 1. The zero-order valence-corrected chi connectivity index (χ0v) is 14.3. The molecule has 2 heterocycles. The lowest BCUT2D eigenvalue weighted by molar-refractivity contribution is -0.132. The molecule has 1 saturated heterocycles. The number of benzene rings is 1. The molecular formula is C19H24N2OS. The summed E-state index contributed by atoms with van der Waals surface area (Å²) in [6, 6.07) is 14.7. The Morgan fingerprint density at radius 2 is 1.78 bits per heavy atom. The van der Waals surface area contributed by atoms with Crippen molar-refractivity contribution >= 4 is 17.2 Å². The van der Waals surface area contributed by atoms with Crippen molar-refractivity contribution in [2.45, 2.75) is 19.3 Å². The molecule has 0 spiro atoms. The SMILES string of the molecule is O=C(Cc1cccs1)N1CCN(CCCc2ccccc2)CC1. The lowest BCUT2D eigenvalue weighted by atomic mass is 10.1. The number of hydrogen-bond donors (Lipinski definition) is 0. The molecule has 1 aliphatic rings. The average molecular weight is 328 g/mol. The topological polar surface area (TPSA) is 23.6 Å². The van der Waals surface area contributed by atoms with Gasteiger partial charge in [0.2, 0.25) is 5.91 Å². The zero-order valence-electron chi connectivity index (χ0n) is 13.5. The second kappa shape index (κ2) is 8.27. The summed E-state index contributed by atoms with van der Waals surface area (Å²) in [5, 5.41) is 2.04. The van der Waals surface area contributed by atoms with Gasteiger partial charge in [0, 0.05) is 31.1 Å². The highest BCUT2D eigenvalue weighted by Crippen LogP contribution is 2.12. The minimum absolute atomic E-state index is 0.274. The Labute approximate surface area is 142 Å². The van der Waals surface area contributed by atoms with Crippen molar-refractivity contribution in [3.8, 4) is 0 Å². The van der Waals surface area contributed by atoms with Crippen LogP contribution in [0, 0.1) is 0 Å². The fourth-order valence-corrected chi connectivity index (χ4v) is 3.74. The van der Waals surface area contributed by atoms with Crippen molar-refractivity contribution in [1.29, 1.82) is 0 Å². The highest BCUT2D eigenvalue weighted by molar-refractivity contribution is 7.10. The van der Waals surface area contributed by atoms with Gasteiger partial charge in [-0.3, -0.25) is 9.69 Å². The predicted molar refractivity (Wildman–Crippen MR) is 95.8 cm³/mol. The van der Waals surface area contributed by atoms with E-state index in [1.165, 1.54) is 16.9 Å². The molecule has 0 bridgehead atoms. The van der Waals surface area contributed by atoms with Gasteiger partial charge in [0.15, 0.2) is 0 Å². The number of carbonyl (C=O) groups is 1. The van der Waals surface area contributed by atoms with Gasteiger partial charge in [-0.2, -0.15) is 0 Å². The number of thiophene rings is 1. The van der Waals surface area contributed by atoms with Gasteiger partial charge >= 0.3 is 0 Å². The second-order valence-electron chi connectivity index (χ2n) is 6.07. The predicted octanol–water partition coefficient (Wildman–Crippen LogP) is 3.07. The second-order valence-corrected chi connectivity index (χ2v) is 7.10. The maximum Gasteiger partial charge on any atom is 0.227 e. The van der Waals surface area contributed by atoms with Gasteiger partial charge in [0.1, 0.15) is 0 Å². The summed E-state index contributed by atoms with van der Waals surface area (Å²) in [6.07, 6.45) is 2.89. The summed E-state index contributed by atoms with van der Waals surface area (Å²) >= 11 is 1.67. The molecular weight excluding hydrogens is 304 g/mol. The van der Waals surface area contributed by atoms with Crippen molar-refractivity contribution in [1.82, 2.24) is 9.80 Å². The molecule has 4 heteroatoms. The van der Waals surface area contributed by atoms with Gasteiger partial charge in [-0.05, 0) is 36.4 Å². The highest BCUT2D eigenvalue weighted by atomic mass is 32.1. The van der Waals surface area contributed by atoms with E-state index in [1.807, 2.05) is 22.4 Å². The van der Waals surface area contributed by atoms with E-state index in [4.69, 9.17) is 0 Å². The summed E-state index contributed by atoms with van der Waals surface area (Å²) in [6.45, 7) is 4.88. The summed E-state index contributed by atoms with van der Waals surface area (Å²) in [5.41, 5.74) is 1.41. The first-order valence-electron chi connectivity index (χ1n) is 8.38. The van der Waals surface area contributed by atoms with Crippen LogP contribution < -0.4 is 0 Å². The van der Waals surface area contributed by atoms with E-state index < -0.39 is 0 Å². The molecule has 2 aromatic rings.